The molecule has 0 spiro atoms. The molecule has 2 aromatic heterocycles. The minimum Gasteiger partial charge on any atom is -0.375 e. The molecule has 124 valence electrons. The molecule has 1 saturated carbocycles. The number of thiol groups is 1. The van der Waals surface area contributed by atoms with Gasteiger partial charge in [-0.1, -0.05) is 29.3 Å². The zero-order valence-electron chi connectivity index (χ0n) is 12.6. The van der Waals surface area contributed by atoms with Crippen LogP contribution in [0.5, 0.6) is 0 Å². The zero-order chi connectivity index (χ0) is 17.1. The van der Waals surface area contributed by atoms with Crippen LogP contribution < -0.4 is 5.73 Å². The van der Waals surface area contributed by atoms with E-state index in [9.17, 15) is 0 Å². The summed E-state index contributed by atoms with van der Waals surface area (Å²) in [5.41, 5.74) is 7.69. The molecule has 1 aliphatic carbocycles. The number of halogens is 2. The number of nitrogen functional groups attached to an aromatic ring is 1. The Hall–Kier alpha value is -1.27. The highest BCUT2D eigenvalue weighted by molar-refractivity contribution is 7.80. The van der Waals surface area contributed by atoms with Crippen molar-refractivity contribution in [2.24, 2.45) is 0 Å². The fourth-order valence-electron chi connectivity index (χ4n) is 2.14. The molecule has 3 aromatic rings. The number of nitrogens with two attached hydrogens (primary N) is 1. The maximum atomic E-state index is 5.76. The Morgan fingerprint density at radius 2 is 1.92 bits per heavy atom. The molecule has 7 heteroatoms. The van der Waals surface area contributed by atoms with E-state index in [0.717, 1.165) is 16.3 Å². The lowest BCUT2D eigenvalue weighted by atomic mass is 10.2. The van der Waals surface area contributed by atoms with Crippen LogP contribution in [0.25, 0.3) is 11.4 Å². The Balaban J connectivity index is 0.000000162. The average Bonchev–Trinajstić information content (AvgIpc) is 3.35. The Morgan fingerprint density at radius 3 is 2.50 bits per heavy atom. The van der Waals surface area contributed by atoms with E-state index in [0.29, 0.717) is 21.1 Å². The smallest absolute Gasteiger partial charge is 0.180 e. The average molecular weight is 396 g/mol. The van der Waals surface area contributed by atoms with Crippen LogP contribution in [0.4, 0.5) is 5.13 Å². The number of hydrogen-bond donors (Lipinski definition) is 2. The van der Waals surface area contributed by atoms with Gasteiger partial charge in [0, 0.05) is 16.0 Å². The highest BCUT2D eigenvalue weighted by Crippen LogP contribution is 2.47. The van der Waals surface area contributed by atoms with Gasteiger partial charge in [-0.05, 0) is 49.1 Å². The van der Waals surface area contributed by atoms with Crippen LogP contribution in [0, 0.1) is 0 Å². The third kappa shape index (κ3) is 4.42. The van der Waals surface area contributed by atoms with E-state index < -0.39 is 0 Å². The predicted molar refractivity (Wildman–Crippen MR) is 105 cm³/mol. The first-order valence-corrected chi connectivity index (χ1v) is 9.38. The van der Waals surface area contributed by atoms with Crippen molar-refractivity contribution >= 4 is 52.3 Å². The lowest BCUT2D eigenvalue weighted by molar-refractivity contribution is 1.15. The SMILES string of the molecule is Nc1nc(-c2ccccn2)c(C2CC2)s1.Sc1ccc(Cl)c(Cl)c1. The number of pyridine rings is 1. The van der Waals surface area contributed by atoms with Gasteiger partial charge in [0.2, 0.25) is 0 Å². The van der Waals surface area contributed by atoms with Gasteiger partial charge in [-0.15, -0.1) is 24.0 Å². The summed E-state index contributed by atoms with van der Waals surface area (Å²) in [6.45, 7) is 0. The highest BCUT2D eigenvalue weighted by Gasteiger charge is 2.29. The molecule has 0 radical (unpaired) electrons. The van der Waals surface area contributed by atoms with Gasteiger partial charge in [0.1, 0.15) is 5.69 Å². The minimum absolute atomic E-state index is 0.546. The van der Waals surface area contributed by atoms with E-state index in [2.05, 4.69) is 22.6 Å². The third-order valence-electron chi connectivity index (χ3n) is 3.43. The van der Waals surface area contributed by atoms with Crippen LogP contribution in [-0.2, 0) is 0 Å². The van der Waals surface area contributed by atoms with Gasteiger partial charge in [0.05, 0.1) is 15.7 Å². The van der Waals surface area contributed by atoms with E-state index in [1.807, 2.05) is 18.2 Å². The van der Waals surface area contributed by atoms with Crippen molar-refractivity contribution in [3.63, 3.8) is 0 Å². The van der Waals surface area contributed by atoms with Crippen LogP contribution >= 0.6 is 47.2 Å². The van der Waals surface area contributed by atoms with Crippen molar-refractivity contribution in [3.05, 3.63) is 57.5 Å². The van der Waals surface area contributed by atoms with Crippen molar-refractivity contribution in [1.82, 2.24) is 9.97 Å². The first-order valence-electron chi connectivity index (χ1n) is 7.36. The first-order chi connectivity index (χ1) is 11.5. The molecule has 0 atom stereocenters. The van der Waals surface area contributed by atoms with E-state index in [1.165, 1.54) is 17.7 Å². The number of benzene rings is 1. The second-order valence-corrected chi connectivity index (χ2v) is 7.75. The third-order valence-corrected chi connectivity index (χ3v) is 5.49. The maximum absolute atomic E-state index is 5.76. The Labute approximate surface area is 160 Å². The molecule has 0 aliphatic heterocycles. The van der Waals surface area contributed by atoms with E-state index in [-0.39, 0.29) is 0 Å². The highest BCUT2D eigenvalue weighted by atomic mass is 35.5. The summed E-state index contributed by atoms with van der Waals surface area (Å²) in [5.74, 6) is 0.678. The summed E-state index contributed by atoms with van der Waals surface area (Å²) in [6.07, 6.45) is 4.32. The molecule has 0 bridgehead atoms. The zero-order valence-corrected chi connectivity index (χ0v) is 15.8. The van der Waals surface area contributed by atoms with Crippen molar-refractivity contribution in [1.29, 1.82) is 0 Å². The number of thiazole rings is 1. The molecule has 0 amide bonds. The molecule has 3 nitrogen and oxygen atoms in total. The Morgan fingerprint density at radius 1 is 1.12 bits per heavy atom. The summed E-state index contributed by atoms with van der Waals surface area (Å²) in [5, 5.41) is 1.76. The van der Waals surface area contributed by atoms with Crippen LogP contribution in [0.1, 0.15) is 23.6 Å². The second-order valence-electron chi connectivity index (χ2n) is 5.35. The quantitative estimate of drug-likeness (QED) is 0.527. The largest absolute Gasteiger partial charge is 0.375 e. The summed E-state index contributed by atoms with van der Waals surface area (Å²) in [7, 11) is 0. The summed E-state index contributed by atoms with van der Waals surface area (Å²) in [6, 6.07) is 11.1. The summed E-state index contributed by atoms with van der Waals surface area (Å²) in [4.78, 5) is 10.8. The van der Waals surface area contributed by atoms with Gasteiger partial charge in [-0.25, -0.2) is 4.98 Å². The summed E-state index contributed by atoms with van der Waals surface area (Å²) >= 11 is 16.9. The molecule has 0 unspecified atom stereocenters. The fraction of sp³-hybridized carbons (Fsp3) is 0.176. The predicted octanol–water partition coefficient (Wildman–Crippen LogP) is 5.95. The number of anilines is 1. The molecule has 1 aromatic carbocycles. The van der Waals surface area contributed by atoms with Crippen molar-refractivity contribution in [2.45, 2.75) is 23.7 Å². The van der Waals surface area contributed by atoms with Gasteiger partial charge in [0.15, 0.2) is 5.13 Å². The van der Waals surface area contributed by atoms with E-state index in [4.69, 9.17) is 28.9 Å². The van der Waals surface area contributed by atoms with Gasteiger partial charge in [-0.3, -0.25) is 4.98 Å². The number of aromatic nitrogens is 2. The maximum Gasteiger partial charge on any atom is 0.180 e. The molecular formula is C17H15Cl2N3S2. The number of rotatable bonds is 2. The molecule has 2 N–H and O–H groups in total. The lowest BCUT2D eigenvalue weighted by Crippen LogP contribution is -1.87. The second kappa shape index (κ2) is 7.74. The standard InChI is InChI=1S/C11H11N3S.C6H4Cl2S/c12-11-14-9(8-3-1-2-6-13-8)10(15-11)7-4-5-7;7-5-2-1-4(9)3-6(5)8/h1-3,6-7H,4-5H2,(H2,12,14);1-3,9H. The number of hydrogen-bond acceptors (Lipinski definition) is 5. The fourth-order valence-corrected chi connectivity index (χ4v) is 3.73. The monoisotopic (exact) mass is 395 g/mol. The van der Waals surface area contributed by atoms with Crippen molar-refractivity contribution < 1.29 is 0 Å². The van der Waals surface area contributed by atoms with Gasteiger partial charge < -0.3 is 5.73 Å². The van der Waals surface area contributed by atoms with Crippen molar-refractivity contribution in [3.8, 4) is 11.4 Å². The Kier molecular flexibility index (Phi) is 5.66. The van der Waals surface area contributed by atoms with E-state index >= 15 is 0 Å². The molecule has 1 aliphatic rings. The van der Waals surface area contributed by atoms with Gasteiger partial charge >= 0.3 is 0 Å². The molecular weight excluding hydrogens is 381 g/mol. The minimum atomic E-state index is 0.546. The van der Waals surface area contributed by atoms with Crippen LogP contribution in [0.2, 0.25) is 10.0 Å². The molecule has 1 fully saturated rings. The number of nitrogens with zero attached hydrogens (tertiary/aromatic N) is 2. The van der Waals surface area contributed by atoms with Gasteiger partial charge in [0.25, 0.3) is 0 Å². The van der Waals surface area contributed by atoms with Crippen LogP contribution in [0.15, 0.2) is 47.5 Å². The molecule has 24 heavy (non-hydrogen) atoms. The van der Waals surface area contributed by atoms with Crippen LogP contribution in [0.3, 0.4) is 0 Å². The molecule has 2 heterocycles. The molecule has 4 rings (SSSR count). The normalized spacial score (nSPS) is 13.3. The van der Waals surface area contributed by atoms with Crippen molar-refractivity contribution in [2.75, 3.05) is 5.73 Å². The van der Waals surface area contributed by atoms with Gasteiger partial charge in [-0.2, -0.15) is 0 Å². The topological polar surface area (TPSA) is 51.8 Å². The molecule has 0 saturated heterocycles. The van der Waals surface area contributed by atoms with E-state index in [1.54, 1.807) is 35.7 Å². The Bertz CT molecular complexity index is 833. The first kappa shape index (κ1) is 17.5. The van der Waals surface area contributed by atoms with Crippen LogP contribution in [-0.4, -0.2) is 9.97 Å². The lowest BCUT2D eigenvalue weighted by Gasteiger charge is -1.98. The summed E-state index contributed by atoms with van der Waals surface area (Å²) < 4.78 is 0.